The van der Waals surface area contributed by atoms with Crippen LogP contribution in [0.4, 0.5) is 4.39 Å². The first-order valence-corrected chi connectivity index (χ1v) is 6.34. The van der Waals surface area contributed by atoms with Crippen molar-refractivity contribution in [1.82, 2.24) is 10.2 Å². The summed E-state index contributed by atoms with van der Waals surface area (Å²) in [6, 6.07) is 5.32. The molecule has 0 aliphatic carbocycles. The normalized spacial score (nSPS) is 12.5. The zero-order valence-electron chi connectivity index (χ0n) is 11.6. The van der Waals surface area contributed by atoms with Crippen LogP contribution in [0.3, 0.4) is 0 Å². The molecule has 1 atom stereocenters. The van der Waals surface area contributed by atoms with Crippen molar-refractivity contribution in [2.24, 2.45) is 0 Å². The lowest BCUT2D eigenvalue weighted by Gasteiger charge is -2.19. The van der Waals surface area contributed by atoms with Gasteiger partial charge < -0.3 is 9.64 Å². The molecule has 0 bridgehead atoms. The van der Waals surface area contributed by atoms with E-state index in [9.17, 15) is 9.18 Å². The molecule has 1 aromatic rings. The highest BCUT2D eigenvalue weighted by atomic mass is 19.1. The molecule has 5 heteroatoms. The molecular formula is C14H21FN2O2. The standard InChI is InChI=1S/C14H21FN2O2/c1-4-19-14(18)13(16-9-10-17(2)3)11-5-7-12(15)8-6-11/h5-8,13,16H,4,9-10H2,1-3H3. The maximum Gasteiger partial charge on any atom is 0.327 e. The van der Waals surface area contributed by atoms with E-state index >= 15 is 0 Å². The van der Waals surface area contributed by atoms with Crippen LogP contribution >= 0.6 is 0 Å². The third-order valence-corrected chi connectivity index (χ3v) is 2.63. The average molecular weight is 268 g/mol. The third kappa shape index (κ3) is 5.36. The van der Waals surface area contributed by atoms with Gasteiger partial charge in [-0.25, -0.2) is 9.18 Å². The van der Waals surface area contributed by atoms with Crippen molar-refractivity contribution < 1.29 is 13.9 Å². The lowest BCUT2D eigenvalue weighted by atomic mass is 10.1. The fourth-order valence-corrected chi connectivity index (χ4v) is 1.65. The van der Waals surface area contributed by atoms with Gasteiger partial charge >= 0.3 is 5.97 Å². The monoisotopic (exact) mass is 268 g/mol. The van der Waals surface area contributed by atoms with Gasteiger partial charge in [0.25, 0.3) is 0 Å². The Labute approximate surface area is 113 Å². The summed E-state index contributed by atoms with van der Waals surface area (Å²) < 4.78 is 18.0. The maximum absolute atomic E-state index is 12.9. The molecule has 0 aliphatic rings. The number of carbonyl (C=O) groups is 1. The van der Waals surface area contributed by atoms with Crippen LogP contribution in [0.2, 0.25) is 0 Å². The first kappa shape index (κ1) is 15.6. The van der Waals surface area contributed by atoms with Crippen molar-refractivity contribution >= 4 is 5.97 Å². The van der Waals surface area contributed by atoms with E-state index < -0.39 is 6.04 Å². The zero-order chi connectivity index (χ0) is 14.3. The summed E-state index contributed by atoms with van der Waals surface area (Å²) in [4.78, 5) is 13.9. The molecule has 0 fully saturated rings. The average Bonchev–Trinajstić information content (AvgIpc) is 2.36. The largest absolute Gasteiger partial charge is 0.465 e. The van der Waals surface area contributed by atoms with Gasteiger partial charge in [-0.2, -0.15) is 0 Å². The van der Waals surface area contributed by atoms with Crippen molar-refractivity contribution in [3.8, 4) is 0 Å². The number of rotatable bonds is 7. The summed E-state index contributed by atoms with van der Waals surface area (Å²) in [6.45, 7) is 3.54. The summed E-state index contributed by atoms with van der Waals surface area (Å²) in [5.41, 5.74) is 0.707. The topological polar surface area (TPSA) is 41.6 Å². The van der Waals surface area contributed by atoms with Gasteiger partial charge in [-0.3, -0.25) is 5.32 Å². The molecule has 4 nitrogen and oxygen atoms in total. The van der Waals surface area contributed by atoms with Gasteiger partial charge in [-0.1, -0.05) is 12.1 Å². The second-order valence-corrected chi connectivity index (χ2v) is 4.49. The molecule has 1 rings (SSSR count). The van der Waals surface area contributed by atoms with Gasteiger partial charge in [-0.15, -0.1) is 0 Å². The fraction of sp³-hybridized carbons (Fsp3) is 0.500. The van der Waals surface area contributed by atoms with E-state index in [1.54, 1.807) is 19.1 Å². The van der Waals surface area contributed by atoms with Gasteiger partial charge in [0, 0.05) is 13.1 Å². The molecule has 0 radical (unpaired) electrons. The van der Waals surface area contributed by atoms with Gasteiger partial charge in [-0.05, 0) is 38.7 Å². The Morgan fingerprint density at radius 1 is 1.37 bits per heavy atom. The molecule has 1 unspecified atom stereocenters. The van der Waals surface area contributed by atoms with Crippen LogP contribution in [0, 0.1) is 5.82 Å². The number of nitrogens with zero attached hydrogens (tertiary/aromatic N) is 1. The Morgan fingerprint density at radius 3 is 2.53 bits per heavy atom. The summed E-state index contributed by atoms with van der Waals surface area (Å²) in [6.07, 6.45) is 0. The van der Waals surface area contributed by atoms with Crippen LogP contribution in [0.1, 0.15) is 18.5 Å². The van der Waals surface area contributed by atoms with Crippen LogP contribution < -0.4 is 5.32 Å². The molecule has 0 saturated heterocycles. The summed E-state index contributed by atoms with van der Waals surface area (Å²) in [7, 11) is 3.91. The molecular weight excluding hydrogens is 247 g/mol. The Bertz CT molecular complexity index is 393. The van der Waals surface area contributed by atoms with E-state index in [2.05, 4.69) is 5.32 Å². The van der Waals surface area contributed by atoms with Crippen molar-refractivity contribution in [3.05, 3.63) is 35.6 Å². The molecule has 19 heavy (non-hydrogen) atoms. The minimum absolute atomic E-state index is 0.320. The smallest absolute Gasteiger partial charge is 0.327 e. The van der Waals surface area contributed by atoms with E-state index in [0.29, 0.717) is 18.7 Å². The first-order valence-electron chi connectivity index (χ1n) is 6.34. The number of nitrogens with one attached hydrogen (secondary N) is 1. The number of esters is 1. The second kappa shape index (κ2) is 7.86. The molecule has 0 saturated carbocycles. The van der Waals surface area contributed by atoms with Gasteiger partial charge in [0.2, 0.25) is 0 Å². The Morgan fingerprint density at radius 2 is 2.00 bits per heavy atom. The number of hydrogen-bond acceptors (Lipinski definition) is 4. The van der Waals surface area contributed by atoms with Gasteiger partial charge in [0.05, 0.1) is 6.61 Å². The van der Waals surface area contributed by atoms with E-state index in [4.69, 9.17) is 4.74 Å². The first-order chi connectivity index (χ1) is 9.04. The van der Waals surface area contributed by atoms with Crippen molar-refractivity contribution in [2.75, 3.05) is 33.8 Å². The minimum atomic E-state index is -0.555. The second-order valence-electron chi connectivity index (χ2n) is 4.49. The number of benzene rings is 1. The molecule has 1 N–H and O–H groups in total. The lowest BCUT2D eigenvalue weighted by molar-refractivity contribution is -0.145. The molecule has 0 heterocycles. The minimum Gasteiger partial charge on any atom is -0.465 e. The van der Waals surface area contributed by atoms with Gasteiger partial charge in [0.15, 0.2) is 0 Å². The van der Waals surface area contributed by atoms with Gasteiger partial charge in [0.1, 0.15) is 11.9 Å². The van der Waals surface area contributed by atoms with Crippen LogP contribution in [0.25, 0.3) is 0 Å². The van der Waals surface area contributed by atoms with E-state index in [1.807, 2.05) is 19.0 Å². The number of likely N-dealkylation sites (N-methyl/N-ethyl adjacent to an activating group) is 1. The molecule has 0 aliphatic heterocycles. The summed E-state index contributed by atoms with van der Waals surface area (Å²) in [5, 5.41) is 3.13. The number of carbonyl (C=O) groups excluding carboxylic acids is 1. The Balaban J connectivity index is 2.73. The zero-order valence-corrected chi connectivity index (χ0v) is 11.6. The van der Waals surface area contributed by atoms with Crippen molar-refractivity contribution in [2.45, 2.75) is 13.0 Å². The van der Waals surface area contributed by atoms with Crippen molar-refractivity contribution in [3.63, 3.8) is 0 Å². The SMILES string of the molecule is CCOC(=O)C(NCCN(C)C)c1ccc(F)cc1. The van der Waals surface area contributed by atoms with Crippen LogP contribution in [-0.4, -0.2) is 44.7 Å². The molecule has 0 aromatic heterocycles. The predicted molar refractivity (Wildman–Crippen MR) is 72.3 cm³/mol. The van der Waals surface area contributed by atoms with Crippen molar-refractivity contribution in [1.29, 1.82) is 0 Å². The molecule has 1 aromatic carbocycles. The van der Waals surface area contributed by atoms with Crippen LogP contribution in [-0.2, 0) is 9.53 Å². The third-order valence-electron chi connectivity index (χ3n) is 2.63. The van der Waals surface area contributed by atoms with E-state index in [0.717, 1.165) is 6.54 Å². The highest BCUT2D eigenvalue weighted by Gasteiger charge is 2.21. The summed E-state index contributed by atoms with van der Waals surface area (Å²) in [5.74, 6) is -0.660. The molecule has 0 amide bonds. The lowest BCUT2D eigenvalue weighted by Crippen LogP contribution is -2.35. The molecule has 0 spiro atoms. The summed E-state index contributed by atoms with van der Waals surface area (Å²) >= 11 is 0. The van der Waals surface area contributed by atoms with E-state index in [1.165, 1.54) is 12.1 Å². The quantitative estimate of drug-likeness (QED) is 0.762. The van der Waals surface area contributed by atoms with Crippen LogP contribution in [0.15, 0.2) is 24.3 Å². The number of halogens is 1. The highest BCUT2D eigenvalue weighted by molar-refractivity contribution is 5.77. The Hall–Kier alpha value is -1.46. The molecule has 106 valence electrons. The number of ether oxygens (including phenoxy) is 1. The fourth-order valence-electron chi connectivity index (χ4n) is 1.65. The number of hydrogen-bond donors (Lipinski definition) is 1. The van der Waals surface area contributed by atoms with Crippen LogP contribution in [0.5, 0.6) is 0 Å². The Kier molecular flexibility index (Phi) is 6.45. The highest BCUT2D eigenvalue weighted by Crippen LogP contribution is 2.15. The predicted octanol–water partition coefficient (Wildman–Crippen LogP) is 1.58. The van der Waals surface area contributed by atoms with E-state index in [-0.39, 0.29) is 11.8 Å². The maximum atomic E-state index is 12.9.